The van der Waals surface area contributed by atoms with Gasteiger partial charge in [0.1, 0.15) is 5.75 Å². The molecular weight excluding hydrogens is 266 g/mol. The Morgan fingerprint density at radius 3 is 2.30 bits per heavy atom. The highest BCUT2D eigenvalue weighted by Crippen LogP contribution is 2.15. The van der Waals surface area contributed by atoms with Crippen LogP contribution in [0.3, 0.4) is 0 Å². The lowest BCUT2D eigenvalue weighted by Crippen LogP contribution is -2.20. The van der Waals surface area contributed by atoms with E-state index in [2.05, 4.69) is 35.6 Å². The molecule has 2 nitrogen and oxygen atoms in total. The molecule has 0 saturated carbocycles. The normalized spacial score (nSPS) is 10.4. The molecule has 0 atom stereocenters. The van der Waals surface area contributed by atoms with Crippen molar-refractivity contribution in [1.82, 2.24) is 5.32 Å². The van der Waals surface area contributed by atoms with Gasteiger partial charge in [0.25, 0.3) is 0 Å². The number of ether oxygens (including phenoxy) is 1. The van der Waals surface area contributed by atoms with Gasteiger partial charge in [0.2, 0.25) is 0 Å². The van der Waals surface area contributed by atoms with Gasteiger partial charge in [-0.15, -0.1) is 11.8 Å². The van der Waals surface area contributed by atoms with E-state index in [0.717, 1.165) is 37.6 Å². The van der Waals surface area contributed by atoms with E-state index < -0.39 is 0 Å². The molecule has 0 bridgehead atoms. The van der Waals surface area contributed by atoms with Crippen LogP contribution in [0.25, 0.3) is 0 Å². The Labute approximate surface area is 125 Å². The van der Waals surface area contributed by atoms with Gasteiger partial charge in [0.05, 0.1) is 6.61 Å². The molecule has 2 aromatic rings. The van der Waals surface area contributed by atoms with Crippen molar-refractivity contribution in [2.24, 2.45) is 0 Å². The summed E-state index contributed by atoms with van der Waals surface area (Å²) in [6.07, 6.45) is 1.03. The van der Waals surface area contributed by atoms with E-state index in [-0.39, 0.29) is 0 Å². The van der Waals surface area contributed by atoms with E-state index in [1.165, 1.54) is 4.90 Å². The topological polar surface area (TPSA) is 21.3 Å². The second-order valence-electron chi connectivity index (χ2n) is 4.43. The highest BCUT2D eigenvalue weighted by molar-refractivity contribution is 7.99. The van der Waals surface area contributed by atoms with Gasteiger partial charge in [0, 0.05) is 17.2 Å². The van der Waals surface area contributed by atoms with Crippen molar-refractivity contribution in [2.45, 2.75) is 11.3 Å². The van der Waals surface area contributed by atoms with Crippen molar-refractivity contribution in [3.05, 3.63) is 60.7 Å². The minimum Gasteiger partial charge on any atom is -0.494 e. The highest BCUT2D eigenvalue weighted by atomic mass is 32.2. The maximum absolute atomic E-state index is 5.64. The summed E-state index contributed by atoms with van der Waals surface area (Å²) in [6.45, 7) is 2.80. The van der Waals surface area contributed by atoms with Crippen LogP contribution in [0.4, 0.5) is 0 Å². The van der Waals surface area contributed by atoms with E-state index in [0.29, 0.717) is 0 Å². The zero-order chi connectivity index (χ0) is 13.9. The van der Waals surface area contributed by atoms with Gasteiger partial charge >= 0.3 is 0 Å². The number of hydrogen-bond donors (Lipinski definition) is 1. The predicted octanol–water partition coefficient (Wildman–Crippen LogP) is 3.84. The van der Waals surface area contributed by atoms with Crippen LogP contribution in [-0.2, 0) is 0 Å². The number of para-hydroxylation sites is 1. The zero-order valence-corrected chi connectivity index (χ0v) is 12.4. The Morgan fingerprint density at radius 1 is 0.850 bits per heavy atom. The second kappa shape index (κ2) is 9.45. The van der Waals surface area contributed by atoms with Crippen molar-refractivity contribution in [1.29, 1.82) is 0 Å². The third kappa shape index (κ3) is 6.13. The molecule has 0 radical (unpaired) electrons. The number of rotatable bonds is 9. The zero-order valence-electron chi connectivity index (χ0n) is 11.6. The molecule has 20 heavy (non-hydrogen) atoms. The number of benzene rings is 2. The molecule has 0 aliphatic heterocycles. The maximum atomic E-state index is 5.64. The lowest BCUT2D eigenvalue weighted by molar-refractivity contribution is 0.309. The van der Waals surface area contributed by atoms with Crippen molar-refractivity contribution in [3.63, 3.8) is 0 Å². The summed E-state index contributed by atoms with van der Waals surface area (Å²) in [5.74, 6) is 2.05. The predicted molar refractivity (Wildman–Crippen MR) is 86.6 cm³/mol. The molecule has 0 heterocycles. The minimum absolute atomic E-state index is 0.767. The molecule has 1 N–H and O–H groups in total. The second-order valence-corrected chi connectivity index (χ2v) is 5.59. The van der Waals surface area contributed by atoms with Gasteiger partial charge in [-0.05, 0) is 37.2 Å². The number of nitrogens with one attached hydrogen (secondary N) is 1. The summed E-state index contributed by atoms with van der Waals surface area (Å²) < 4.78 is 5.64. The summed E-state index contributed by atoms with van der Waals surface area (Å²) in [6, 6.07) is 20.5. The summed E-state index contributed by atoms with van der Waals surface area (Å²) in [5.41, 5.74) is 0. The van der Waals surface area contributed by atoms with E-state index in [1.54, 1.807) is 0 Å². The average Bonchev–Trinajstić information content (AvgIpc) is 2.52. The van der Waals surface area contributed by atoms with Crippen LogP contribution >= 0.6 is 11.8 Å². The van der Waals surface area contributed by atoms with Crippen molar-refractivity contribution >= 4 is 11.8 Å². The quantitative estimate of drug-likeness (QED) is 0.559. The van der Waals surface area contributed by atoms with E-state index in [4.69, 9.17) is 4.74 Å². The lowest BCUT2D eigenvalue weighted by atomic mass is 10.3. The largest absolute Gasteiger partial charge is 0.494 e. The van der Waals surface area contributed by atoms with Crippen molar-refractivity contribution in [3.8, 4) is 5.75 Å². The van der Waals surface area contributed by atoms with E-state index in [9.17, 15) is 0 Å². The fraction of sp³-hybridized carbons (Fsp3) is 0.294. The monoisotopic (exact) mass is 287 g/mol. The van der Waals surface area contributed by atoms with Crippen LogP contribution in [0, 0.1) is 0 Å². The Balaban J connectivity index is 1.44. The SMILES string of the molecule is c1ccc(OCCCNCCSc2ccccc2)cc1. The standard InChI is InChI=1S/C17H21NOS/c1-3-8-16(9-4-1)19-14-7-12-18-13-15-20-17-10-5-2-6-11-17/h1-6,8-11,18H,7,12-15H2. The van der Waals surface area contributed by atoms with Crippen LogP contribution in [-0.4, -0.2) is 25.4 Å². The van der Waals surface area contributed by atoms with Gasteiger partial charge in [-0.3, -0.25) is 0 Å². The molecule has 0 saturated heterocycles. The third-order valence-corrected chi connectivity index (χ3v) is 3.81. The molecule has 2 aromatic carbocycles. The molecule has 106 valence electrons. The fourth-order valence-electron chi connectivity index (χ4n) is 1.79. The van der Waals surface area contributed by atoms with Gasteiger partial charge in [-0.2, -0.15) is 0 Å². The molecule has 0 aliphatic rings. The summed E-state index contributed by atoms with van der Waals surface area (Å²) in [5, 5.41) is 3.44. The molecule has 0 amide bonds. The van der Waals surface area contributed by atoms with Crippen LogP contribution in [0.1, 0.15) is 6.42 Å². The Bertz CT molecular complexity index is 415. The molecule has 0 spiro atoms. The first-order chi connectivity index (χ1) is 9.95. The fourth-order valence-corrected chi connectivity index (χ4v) is 2.62. The first-order valence-corrected chi connectivity index (χ1v) is 8.00. The van der Waals surface area contributed by atoms with Crippen molar-refractivity contribution < 1.29 is 4.74 Å². The van der Waals surface area contributed by atoms with E-state index >= 15 is 0 Å². The molecule has 0 unspecified atom stereocenters. The molecule has 0 fully saturated rings. The lowest BCUT2D eigenvalue weighted by Gasteiger charge is -2.07. The number of hydrogen-bond acceptors (Lipinski definition) is 3. The average molecular weight is 287 g/mol. The summed E-state index contributed by atoms with van der Waals surface area (Å²) >= 11 is 1.89. The van der Waals surface area contributed by atoms with Crippen LogP contribution in [0.5, 0.6) is 5.75 Å². The summed E-state index contributed by atoms with van der Waals surface area (Å²) in [7, 11) is 0. The van der Waals surface area contributed by atoms with Gasteiger partial charge in [0.15, 0.2) is 0 Å². The first kappa shape index (κ1) is 14.9. The first-order valence-electron chi connectivity index (χ1n) is 7.01. The van der Waals surface area contributed by atoms with Gasteiger partial charge < -0.3 is 10.1 Å². The van der Waals surface area contributed by atoms with Crippen LogP contribution < -0.4 is 10.1 Å². The highest BCUT2D eigenvalue weighted by Gasteiger charge is 1.94. The van der Waals surface area contributed by atoms with E-state index in [1.807, 2.05) is 42.1 Å². The molecule has 0 aromatic heterocycles. The molecule has 3 heteroatoms. The summed E-state index contributed by atoms with van der Waals surface area (Å²) in [4.78, 5) is 1.33. The molecule has 2 rings (SSSR count). The smallest absolute Gasteiger partial charge is 0.119 e. The third-order valence-electron chi connectivity index (χ3n) is 2.80. The van der Waals surface area contributed by atoms with Gasteiger partial charge in [-0.25, -0.2) is 0 Å². The number of thioether (sulfide) groups is 1. The Morgan fingerprint density at radius 2 is 1.55 bits per heavy atom. The minimum atomic E-state index is 0.767. The van der Waals surface area contributed by atoms with Crippen molar-refractivity contribution in [2.75, 3.05) is 25.4 Å². The molecule has 0 aliphatic carbocycles. The Hall–Kier alpha value is -1.45. The van der Waals surface area contributed by atoms with Crippen LogP contribution in [0.2, 0.25) is 0 Å². The van der Waals surface area contributed by atoms with Gasteiger partial charge in [-0.1, -0.05) is 36.4 Å². The molecular formula is C17H21NOS. The maximum Gasteiger partial charge on any atom is 0.119 e. The van der Waals surface area contributed by atoms with Crippen LogP contribution in [0.15, 0.2) is 65.6 Å². The Kier molecular flexibility index (Phi) is 7.07.